The zero-order chi connectivity index (χ0) is 24.5. The van der Waals surface area contributed by atoms with E-state index in [2.05, 4.69) is 10.4 Å². The number of carbonyl (C=O) groups excluding carboxylic acids is 1. The standard InChI is InChI=1S/C19H12Cl3F3N4O4/c1-9-17(22)18(19(23,24)25)27-28(9)8-16(30)26-11-5-12(29(31)32)7-13(6-11)33-15-3-2-10(20)4-14(15)21/h2-7H,8H2,1H3,(H,26,30). The Balaban J connectivity index is 1.84. The Morgan fingerprint density at radius 1 is 1.21 bits per heavy atom. The number of ether oxygens (including phenoxy) is 1. The third-order valence-corrected chi connectivity index (χ3v) is 5.19. The predicted molar refractivity (Wildman–Crippen MR) is 115 cm³/mol. The molecule has 0 saturated carbocycles. The number of nitrogens with one attached hydrogen (secondary N) is 1. The molecule has 0 fully saturated rings. The van der Waals surface area contributed by atoms with E-state index in [4.69, 9.17) is 39.5 Å². The van der Waals surface area contributed by atoms with E-state index in [0.29, 0.717) is 5.02 Å². The third kappa shape index (κ3) is 5.86. The van der Waals surface area contributed by atoms with Gasteiger partial charge in [0.05, 0.1) is 32.4 Å². The van der Waals surface area contributed by atoms with Crippen LogP contribution in [0.2, 0.25) is 15.1 Å². The second-order valence-corrected chi connectivity index (χ2v) is 7.82. The van der Waals surface area contributed by atoms with Gasteiger partial charge >= 0.3 is 6.18 Å². The number of hydrogen-bond donors (Lipinski definition) is 1. The molecule has 3 rings (SSSR count). The van der Waals surface area contributed by atoms with Crippen molar-refractivity contribution in [3.63, 3.8) is 0 Å². The minimum absolute atomic E-state index is 0.0265. The summed E-state index contributed by atoms with van der Waals surface area (Å²) < 4.78 is 45.2. The molecule has 14 heteroatoms. The lowest BCUT2D eigenvalue weighted by Crippen LogP contribution is -2.21. The SMILES string of the molecule is Cc1c(Cl)c(C(F)(F)F)nn1CC(=O)Nc1cc(Oc2ccc(Cl)cc2Cl)cc([N+](=O)[O-])c1. The van der Waals surface area contributed by atoms with Crippen molar-refractivity contribution in [2.75, 3.05) is 5.32 Å². The van der Waals surface area contributed by atoms with E-state index in [0.717, 1.165) is 16.8 Å². The van der Waals surface area contributed by atoms with Crippen molar-refractivity contribution < 1.29 is 27.6 Å². The lowest BCUT2D eigenvalue weighted by molar-refractivity contribution is -0.384. The topological polar surface area (TPSA) is 99.3 Å². The van der Waals surface area contributed by atoms with Crippen LogP contribution in [-0.4, -0.2) is 20.6 Å². The Morgan fingerprint density at radius 2 is 1.91 bits per heavy atom. The average molecular weight is 524 g/mol. The van der Waals surface area contributed by atoms with Crippen molar-refractivity contribution in [1.29, 1.82) is 0 Å². The van der Waals surface area contributed by atoms with Gasteiger partial charge in [-0.2, -0.15) is 18.3 Å². The number of nitro groups is 1. The van der Waals surface area contributed by atoms with Gasteiger partial charge in [-0.05, 0) is 25.1 Å². The van der Waals surface area contributed by atoms with Gasteiger partial charge in [0.15, 0.2) is 5.69 Å². The quantitative estimate of drug-likeness (QED) is 0.293. The molecule has 0 bridgehead atoms. The molecule has 2 aromatic carbocycles. The highest BCUT2D eigenvalue weighted by molar-refractivity contribution is 6.35. The first-order valence-electron chi connectivity index (χ1n) is 8.87. The summed E-state index contributed by atoms with van der Waals surface area (Å²) in [4.78, 5) is 23.0. The number of non-ortho nitro benzene ring substituents is 1. The summed E-state index contributed by atoms with van der Waals surface area (Å²) in [5.74, 6) is -0.677. The molecule has 33 heavy (non-hydrogen) atoms. The van der Waals surface area contributed by atoms with E-state index in [1.165, 1.54) is 31.2 Å². The Bertz CT molecular complexity index is 1250. The molecule has 8 nitrogen and oxygen atoms in total. The normalized spacial score (nSPS) is 11.4. The van der Waals surface area contributed by atoms with Crippen LogP contribution in [0, 0.1) is 17.0 Å². The molecule has 1 amide bonds. The van der Waals surface area contributed by atoms with Crippen LogP contribution in [0.4, 0.5) is 24.5 Å². The number of nitro benzene ring substituents is 1. The van der Waals surface area contributed by atoms with Gasteiger partial charge in [0, 0.05) is 17.2 Å². The summed E-state index contributed by atoms with van der Waals surface area (Å²) in [6, 6.07) is 7.79. The number of anilines is 1. The molecule has 0 aliphatic carbocycles. The molecule has 174 valence electrons. The first-order valence-corrected chi connectivity index (χ1v) is 10.0. The molecule has 0 spiro atoms. The summed E-state index contributed by atoms with van der Waals surface area (Å²) in [6.07, 6.45) is -4.79. The molecule has 0 atom stereocenters. The molecule has 0 aliphatic heterocycles. The molecule has 0 saturated heterocycles. The van der Waals surface area contributed by atoms with E-state index < -0.39 is 40.0 Å². The van der Waals surface area contributed by atoms with Gasteiger partial charge in [-0.15, -0.1) is 0 Å². The van der Waals surface area contributed by atoms with Gasteiger partial charge in [-0.25, -0.2) is 0 Å². The van der Waals surface area contributed by atoms with E-state index in [9.17, 15) is 28.1 Å². The first kappa shape index (κ1) is 24.6. The lowest BCUT2D eigenvalue weighted by Gasteiger charge is -2.11. The summed E-state index contributed by atoms with van der Waals surface area (Å²) in [6.45, 7) is 0.649. The van der Waals surface area contributed by atoms with Crippen LogP contribution in [0.1, 0.15) is 11.4 Å². The van der Waals surface area contributed by atoms with Gasteiger partial charge in [0.2, 0.25) is 5.91 Å². The maximum Gasteiger partial charge on any atom is 0.436 e. The highest BCUT2D eigenvalue weighted by Gasteiger charge is 2.38. The molecule has 1 aromatic heterocycles. The summed E-state index contributed by atoms with van der Waals surface area (Å²) in [5, 5.41) is 16.9. The molecule has 0 radical (unpaired) electrons. The van der Waals surface area contributed by atoms with Crippen molar-refractivity contribution in [1.82, 2.24) is 9.78 Å². The number of nitrogens with zero attached hydrogens (tertiary/aromatic N) is 3. The molecule has 1 heterocycles. The first-order chi connectivity index (χ1) is 15.3. The van der Waals surface area contributed by atoms with Crippen LogP contribution in [0.3, 0.4) is 0 Å². The highest BCUT2D eigenvalue weighted by Crippen LogP contribution is 2.36. The largest absolute Gasteiger partial charge is 0.455 e. The van der Waals surface area contributed by atoms with E-state index >= 15 is 0 Å². The van der Waals surface area contributed by atoms with E-state index in [-0.39, 0.29) is 27.9 Å². The number of amides is 1. The zero-order valence-electron chi connectivity index (χ0n) is 16.4. The predicted octanol–water partition coefficient (Wildman–Crippen LogP) is 6.51. The van der Waals surface area contributed by atoms with Crippen molar-refractivity contribution in [2.45, 2.75) is 19.6 Å². The number of aromatic nitrogens is 2. The molecular weight excluding hydrogens is 512 g/mol. The molecule has 0 unspecified atom stereocenters. The fraction of sp³-hybridized carbons (Fsp3) is 0.158. The van der Waals surface area contributed by atoms with Gasteiger partial charge in [0.25, 0.3) is 5.69 Å². The van der Waals surface area contributed by atoms with Gasteiger partial charge in [0.1, 0.15) is 18.0 Å². The van der Waals surface area contributed by atoms with Crippen LogP contribution in [0.25, 0.3) is 0 Å². The number of hydrogen-bond acceptors (Lipinski definition) is 5. The van der Waals surface area contributed by atoms with Crippen LogP contribution < -0.4 is 10.1 Å². The maximum absolute atomic E-state index is 13.0. The van der Waals surface area contributed by atoms with Crippen molar-refractivity contribution >= 4 is 52.1 Å². The molecule has 3 aromatic rings. The second kappa shape index (κ2) is 9.46. The number of benzene rings is 2. The number of carbonyl (C=O) groups is 1. The number of rotatable bonds is 6. The summed E-state index contributed by atoms with van der Waals surface area (Å²) >= 11 is 17.5. The third-order valence-electron chi connectivity index (χ3n) is 4.20. The smallest absolute Gasteiger partial charge is 0.436 e. The minimum Gasteiger partial charge on any atom is -0.455 e. The van der Waals surface area contributed by atoms with Crippen molar-refractivity contribution in [3.05, 3.63) is 73.0 Å². The number of alkyl halides is 3. The maximum atomic E-state index is 13.0. The lowest BCUT2D eigenvalue weighted by atomic mass is 10.2. The molecule has 0 aliphatic rings. The number of halogens is 6. The van der Waals surface area contributed by atoms with Crippen LogP contribution in [-0.2, 0) is 17.5 Å². The monoisotopic (exact) mass is 522 g/mol. The van der Waals surface area contributed by atoms with Crippen LogP contribution in [0.5, 0.6) is 11.5 Å². The molecule has 1 N–H and O–H groups in total. The van der Waals surface area contributed by atoms with Gasteiger partial charge in [-0.1, -0.05) is 34.8 Å². The van der Waals surface area contributed by atoms with Gasteiger partial charge in [-0.3, -0.25) is 19.6 Å². The Morgan fingerprint density at radius 3 is 2.48 bits per heavy atom. The van der Waals surface area contributed by atoms with Crippen molar-refractivity contribution in [3.8, 4) is 11.5 Å². The fourth-order valence-electron chi connectivity index (χ4n) is 2.70. The summed E-state index contributed by atoms with van der Waals surface area (Å²) in [5.41, 5.74) is -1.84. The zero-order valence-corrected chi connectivity index (χ0v) is 18.7. The highest BCUT2D eigenvalue weighted by atomic mass is 35.5. The Kier molecular flexibility index (Phi) is 7.06. The van der Waals surface area contributed by atoms with Gasteiger partial charge < -0.3 is 10.1 Å². The molecular formula is C19H12Cl3F3N4O4. The second-order valence-electron chi connectivity index (χ2n) is 6.60. The van der Waals surface area contributed by atoms with E-state index in [1.54, 1.807) is 0 Å². The Hall–Kier alpha value is -3.02. The van der Waals surface area contributed by atoms with Crippen LogP contribution in [0.15, 0.2) is 36.4 Å². The average Bonchev–Trinajstić information content (AvgIpc) is 2.98. The van der Waals surface area contributed by atoms with Crippen LogP contribution >= 0.6 is 34.8 Å². The Labute approximate surface area is 198 Å². The summed E-state index contributed by atoms with van der Waals surface area (Å²) in [7, 11) is 0. The van der Waals surface area contributed by atoms with E-state index in [1.807, 2.05) is 0 Å². The fourth-order valence-corrected chi connectivity index (χ4v) is 3.39. The minimum atomic E-state index is -4.79. The van der Waals surface area contributed by atoms with Crippen molar-refractivity contribution in [2.24, 2.45) is 0 Å².